The molecule has 5 heteroatoms. The Kier molecular flexibility index (Phi) is 4.41. The summed E-state index contributed by atoms with van der Waals surface area (Å²) in [6, 6.07) is 14.4. The maximum absolute atomic E-state index is 5.77. The van der Waals surface area contributed by atoms with Crippen molar-refractivity contribution in [3.8, 4) is 0 Å². The highest BCUT2D eigenvalue weighted by atomic mass is 32.2. The first-order valence-electron chi connectivity index (χ1n) is 6.78. The zero-order chi connectivity index (χ0) is 14.7. The van der Waals surface area contributed by atoms with Gasteiger partial charge in [0.25, 0.3) is 0 Å². The summed E-state index contributed by atoms with van der Waals surface area (Å²) in [5.74, 6) is 2.08. The Morgan fingerprint density at radius 2 is 1.81 bits per heavy atom. The minimum absolute atomic E-state index is 0.762. The Labute approximate surface area is 132 Å². The van der Waals surface area contributed by atoms with E-state index in [1.807, 2.05) is 30.0 Å². The van der Waals surface area contributed by atoms with Gasteiger partial charge in [0.15, 0.2) is 5.16 Å². The third kappa shape index (κ3) is 3.74. The van der Waals surface area contributed by atoms with Crippen LogP contribution in [0.25, 0.3) is 11.0 Å². The molecule has 0 bridgehead atoms. The number of nitrogens with zero attached hydrogens (tertiary/aromatic N) is 1. The van der Waals surface area contributed by atoms with E-state index in [1.165, 1.54) is 10.5 Å². The number of hydrogen-bond acceptors (Lipinski definition) is 4. The molecule has 0 aliphatic rings. The van der Waals surface area contributed by atoms with Gasteiger partial charge in [-0.1, -0.05) is 29.5 Å². The molecule has 3 nitrogen and oxygen atoms in total. The molecule has 0 aliphatic carbocycles. The van der Waals surface area contributed by atoms with Crippen LogP contribution in [0.2, 0.25) is 0 Å². The smallest absolute Gasteiger partial charge is 0.166 e. The number of aromatic nitrogens is 2. The number of nitrogen functional groups attached to an aromatic ring is 1. The molecule has 0 spiro atoms. The van der Waals surface area contributed by atoms with Crippen LogP contribution in [0.3, 0.4) is 0 Å². The van der Waals surface area contributed by atoms with Gasteiger partial charge in [-0.05, 0) is 37.3 Å². The average molecular weight is 315 g/mol. The molecule has 0 unspecified atom stereocenters. The first kappa shape index (κ1) is 14.4. The van der Waals surface area contributed by atoms with Crippen LogP contribution < -0.4 is 5.73 Å². The monoisotopic (exact) mass is 315 g/mol. The van der Waals surface area contributed by atoms with Crippen LogP contribution in [0.4, 0.5) is 5.69 Å². The first-order valence-corrected chi connectivity index (χ1v) is 8.75. The predicted molar refractivity (Wildman–Crippen MR) is 93.1 cm³/mol. The molecular formula is C16H17N3S2. The molecule has 0 atom stereocenters. The van der Waals surface area contributed by atoms with Gasteiger partial charge in [0.2, 0.25) is 0 Å². The Hall–Kier alpha value is -1.59. The van der Waals surface area contributed by atoms with Gasteiger partial charge in [0.1, 0.15) is 0 Å². The Morgan fingerprint density at radius 3 is 2.62 bits per heavy atom. The second-order valence-electron chi connectivity index (χ2n) is 4.83. The minimum atomic E-state index is 0.762. The van der Waals surface area contributed by atoms with Crippen molar-refractivity contribution in [3.63, 3.8) is 0 Å². The third-order valence-electron chi connectivity index (χ3n) is 3.10. The van der Waals surface area contributed by atoms with Gasteiger partial charge in [-0.15, -0.1) is 11.8 Å². The van der Waals surface area contributed by atoms with Crippen molar-refractivity contribution < 1.29 is 0 Å². The zero-order valence-corrected chi connectivity index (χ0v) is 13.4. The lowest BCUT2D eigenvalue weighted by atomic mass is 10.2. The van der Waals surface area contributed by atoms with Crippen LogP contribution in [0.15, 0.2) is 52.5 Å². The number of nitrogens with one attached hydrogen (secondary N) is 1. The topological polar surface area (TPSA) is 54.7 Å². The van der Waals surface area contributed by atoms with E-state index >= 15 is 0 Å². The normalized spacial score (nSPS) is 11.1. The van der Waals surface area contributed by atoms with Gasteiger partial charge in [-0.25, -0.2) is 4.98 Å². The third-order valence-corrected chi connectivity index (χ3v) is 5.24. The molecule has 1 aromatic heterocycles. The number of thioether (sulfide) groups is 2. The van der Waals surface area contributed by atoms with Crippen molar-refractivity contribution in [2.75, 3.05) is 17.2 Å². The molecule has 0 saturated carbocycles. The fourth-order valence-corrected chi connectivity index (χ4v) is 3.77. The molecule has 2 aromatic carbocycles. The SMILES string of the molecule is Cc1ccc(SCCSc2nc3ccc(N)cc3[nH]2)cc1. The van der Waals surface area contributed by atoms with Crippen molar-refractivity contribution in [2.24, 2.45) is 0 Å². The van der Waals surface area contributed by atoms with Crippen LogP contribution in [0.5, 0.6) is 0 Å². The number of benzene rings is 2. The van der Waals surface area contributed by atoms with E-state index in [0.29, 0.717) is 0 Å². The maximum atomic E-state index is 5.77. The summed E-state index contributed by atoms with van der Waals surface area (Å²) in [7, 11) is 0. The number of hydrogen-bond donors (Lipinski definition) is 2. The molecule has 21 heavy (non-hydrogen) atoms. The molecule has 0 fully saturated rings. The summed E-state index contributed by atoms with van der Waals surface area (Å²) in [6.45, 7) is 2.11. The number of anilines is 1. The van der Waals surface area contributed by atoms with Gasteiger partial charge in [0.05, 0.1) is 11.0 Å². The molecule has 0 saturated heterocycles. The quantitative estimate of drug-likeness (QED) is 0.418. The summed E-state index contributed by atoms with van der Waals surface area (Å²) < 4.78 is 0. The van der Waals surface area contributed by atoms with Crippen molar-refractivity contribution in [1.29, 1.82) is 0 Å². The lowest BCUT2D eigenvalue weighted by Crippen LogP contribution is -1.85. The highest BCUT2D eigenvalue weighted by Gasteiger charge is 2.03. The summed E-state index contributed by atoms with van der Waals surface area (Å²) in [5.41, 5.74) is 9.81. The van der Waals surface area contributed by atoms with Crippen molar-refractivity contribution in [1.82, 2.24) is 9.97 Å². The lowest BCUT2D eigenvalue weighted by molar-refractivity contribution is 1.08. The van der Waals surface area contributed by atoms with Crippen LogP contribution in [-0.2, 0) is 0 Å². The van der Waals surface area contributed by atoms with Crippen LogP contribution in [-0.4, -0.2) is 21.5 Å². The molecule has 108 valence electrons. The summed E-state index contributed by atoms with van der Waals surface area (Å²) in [6.07, 6.45) is 0. The number of aryl methyl sites for hydroxylation is 1. The number of imidazole rings is 1. The van der Waals surface area contributed by atoms with Gasteiger partial charge < -0.3 is 10.7 Å². The summed E-state index contributed by atoms with van der Waals surface area (Å²) in [4.78, 5) is 9.18. The second-order valence-corrected chi connectivity index (χ2v) is 7.08. The predicted octanol–water partition coefficient (Wildman–Crippen LogP) is 4.34. The average Bonchev–Trinajstić information content (AvgIpc) is 2.87. The van der Waals surface area contributed by atoms with E-state index in [0.717, 1.165) is 33.4 Å². The highest BCUT2D eigenvalue weighted by Crippen LogP contribution is 2.24. The van der Waals surface area contributed by atoms with Crippen molar-refractivity contribution in [3.05, 3.63) is 48.0 Å². The van der Waals surface area contributed by atoms with Gasteiger partial charge >= 0.3 is 0 Å². The van der Waals surface area contributed by atoms with Gasteiger partial charge in [-0.3, -0.25) is 0 Å². The van der Waals surface area contributed by atoms with E-state index in [2.05, 4.69) is 41.2 Å². The van der Waals surface area contributed by atoms with Crippen molar-refractivity contribution >= 4 is 40.2 Å². The highest BCUT2D eigenvalue weighted by molar-refractivity contribution is 8.02. The number of fused-ring (bicyclic) bond motifs is 1. The summed E-state index contributed by atoms with van der Waals surface area (Å²) in [5, 5.41) is 0.958. The number of aromatic amines is 1. The largest absolute Gasteiger partial charge is 0.399 e. The molecular weight excluding hydrogens is 298 g/mol. The second kappa shape index (κ2) is 6.45. The Morgan fingerprint density at radius 1 is 1.05 bits per heavy atom. The van der Waals surface area contributed by atoms with Crippen molar-refractivity contribution in [2.45, 2.75) is 17.0 Å². The van der Waals surface area contributed by atoms with E-state index in [9.17, 15) is 0 Å². The molecule has 0 amide bonds. The Bertz CT molecular complexity index is 735. The van der Waals surface area contributed by atoms with Gasteiger partial charge in [0, 0.05) is 22.1 Å². The zero-order valence-electron chi connectivity index (χ0n) is 11.8. The molecule has 3 N–H and O–H groups in total. The molecule has 0 aliphatic heterocycles. The van der Waals surface area contributed by atoms with Crippen LogP contribution >= 0.6 is 23.5 Å². The fraction of sp³-hybridized carbons (Fsp3) is 0.188. The van der Waals surface area contributed by atoms with Gasteiger partial charge in [-0.2, -0.15) is 0 Å². The first-order chi connectivity index (χ1) is 10.2. The standard InChI is InChI=1S/C16H17N3S2/c1-11-2-5-13(6-3-11)20-8-9-21-16-18-14-7-4-12(17)10-15(14)19-16/h2-7,10H,8-9,17H2,1H3,(H,18,19). The molecule has 1 heterocycles. The molecule has 3 rings (SSSR count). The number of rotatable bonds is 5. The van der Waals surface area contributed by atoms with E-state index in [-0.39, 0.29) is 0 Å². The van der Waals surface area contributed by atoms with Crippen LogP contribution in [0.1, 0.15) is 5.56 Å². The minimum Gasteiger partial charge on any atom is -0.399 e. The number of nitrogens with two attached hydrogens (primary N) is 1. The fourth-order valence-electron chi connectivity index (χ4n) is 2.00. The Balaban J connectivity index is 1.53. The summed E-state index contributed by atoms with van der Waals surface area (Å²) >= 11 is 3.62. The molecule has 3 aromatic rings. The lowest BCUT2D eigenvalue weighted by Gasteiger charge is -2.01. The van der Waals surface area contributed by atoms with E-state index in [4.69, 9.17) is 5.73 Å². The van der Waals surface area contributed by atoms with E-state index < -0.39 is 0 Å². The van der Waals surface area contributed by atoms with Crippen LogP contribution in [0, 0.1) is 6.92 Å². The molecule has 0 radical (unpaired) electrons. The van der Waals surface area contributed by atoms with E-state index in [1.54, 1.807) is 11.8 Å². The number of H-pyrrole nitrogens is 1. The maximum Gasteiger partial charge on any atom is 0.166 e.